The number of thioether (sulfide) groups is 1. The Morgan fingerprint density at radius 3 is 2.39 bits per heavy atom. The Labute approximate surface area is 363 Å². The number of amides is 1. The molecule has 0 aromatic heterocycles. The summed E-state index contributed by atoms with van der Waals surface area (Å²) >= 11 is 1.67. The van der Waals surface area contributed by atoms with Crippen molar-refractivity contribution in [2.45, 2.75) is 101 Å². The van der Waals surface area contributed by atoms with Gasteiger partial charge in [-0.2, -0.15) is 0 Å². The molecule has 0 radical (unpaired) electrons. The molecule has 4 aliphatic rings. The van der Waals surface area contributed by atoms with E-state index in [0.29, 0.717) is 47.3 Å². The van der Waals surface area contributed by atoms with Gasteiger partial charge in [0.25, 0.3) is 0 Å². The summed E-state index contributed by atoms with van der Waals surface area (Å²) in [6.45, 7) is 10.5. The van der Waals surface area contributed by atoms with Crippen LogP contribution in [0.3, 0.4) is 0 Å². The fourth-order valence-electron chi connectivity index (χ4n) is 9.34. The number of aliphatic hydroxyl groups is 2. The van der Waals surface area contributed by atoms with Gasteiger partial charge in [-0.15, -0.1) is 18.3 Å². The lowest BCUT2D eigenvalue weighted by Gasteiger charge is -2.59. The van der Waals surface area contributed by atoms with Crippen LogP contribution in [0, 0.1) is 17.8 Å². The number of benzene rings is 3. The highest BCUT2D eigenvalue weighted by molar-refractivity contribution is 7.98. The van der Waals surface area contributed by atoms with Crippen LogP contribution < -0.4 is 18.9 Å². The standard InChI is InChI=1S/C48H60N2O10S/c1-7-24-57-48-43(50(46(53)54-5)29-31-14-20-41-42(25-31)56-30-55-41)28-39(49-60-47(2,3)4)37-26-32(12-8-10-22-51)36(13-9-11-23-52)44(45(37)48)38-27-34(17-21-40(38)59-48)58-33-15-18-35(61-6)19-16-33/h7,14-21,25-27,32,36,43-45,51-52H,1,8-13,22-24,28-30H2,2-6H3/t32-,36+,43-,44+,45+,48+/m0/s1. The highest BCUT2D eigenvalue weighted by atomic mass is 32.2. The number of fused-ring (bicyclic) bond motifs is 3. The van der Waals surface area contributed by atoms with Crippen LogP contribution in [-0.4, -0.2) is 84.3 Å². The van der Waals surface area contributed by atoms with E-state index in [9.17, 15) is 15.0 Å². The number of carbonyl (C=O) groups excluding carboxylic acids is 1. The van der Waals surface area contributed by atoms with Gasteiger partial charge in [-0.1, -0.05) is 36.2 Å². The number of oxime groups is 1. The molecule has 12 nitrogen and oxygen atoms in total. The van der Waals surface area contributed by atoms with E-state index < -0.39 is 29.4 Å². The normalized spacial score (nSPS) is 24.2. The maximum atomic E-state index is 14.3. The minimum atomic E-state index is -1.45. The predicted molar refractivity (Wildman–Crippen MR) is 235 cm³/mol. The van der Waals surface area contributed by atoms with Crippen molar-refractivity contribution in [3.8, 4) is 28.7 Å². The zero-order valence-electron chi connectivity index (χ0n) is 36.0. The van der Waals surface area contributed by atoms with E-state index in [1.165, 1.54) is 7.11 Å². The van der Waals surface area contributed by atoms with Crippen molar-refractivity contribution in [2.24, 2.45) is 22.9 Å². The molecule has 1 fully saturated rings. The number of methoxy groups -OCH3 is 1. The Bertz CT molecular complexity index is 2070. The van der Waals surface area contributed by atoms with Crippen molar-refractivity contribution in [3.63, 3.8) is 0 Å². The Hall–Kier alpha value is -4.69. The van der Waals surface area contributed by atoms with Crippen molar-refractivity contribution >= 4 is 23.6 Å². The van der Waals surface area contributed by atoms with E-state index in [0.717, 1.165) is 47.3 Å². The van der Waals surface area contributed by atoms with E-state index in [1.807, 2.05) is 81.6 Å². The highest BCUT2D eigenvalue weighted by Crippen LogP contribution is 2.62. The monoisotopic (exact) mass is 856 g/mol. The summed E-state index contributed by atoms with van der Waals surface area (Å²) in [5.74, 6) is 1.20. The van der Waals surface area contributed by atoms with E-state index in [4.69, 9.17) is 38.4 Å². The number of rotatable bonds is 18. The van der Waals surface area contributed by atoms with Gasteiger partial charge in [0.1, 0.15) is 28.9 Å². The molecule has 3 aromatic rings. The Morgan fingerprint density at radius 2 is 1.69 bits per heavy atom. The van der Waals surface area contributed by atoms with Crippen LogP contribution in [0.4, 0.5) is 4.79 Å². The number of aliphatic hydroxyl groups excluding tert-OH is 2. The van der Waals surface area contributed by atoms with Crippen LogP contribution in [0.15, 0.2) is 95.0 Å². The molecule has 7 rings (SSSR count). The fourth-order valence-corrected chi connectivity index (χ4v) is 9.75. The van der Waals surface area contributed by atoms with Gasteiger partial charge in [0, 0.05) is 42.6 Å². The van der Waals surface area contributed by atoms with E-state index in [2.05, 4.69) is 18.7 Å². The van der Waals surface area contributed by atoms with Crippen molar-refractivity contribution < 1.29 is 48.3 Å². The van der Waals surface area contributed by atoms with E-state index in [-0.39, 0.29) is 57.3 Å². The number of ether oxygens (including phenoxy) is 6. The lowest BCUT2D eigenvalue weighted by Crippen LogP contribution is -2.70. The van der Waals surface area contributed by atoms with Gasteiger partial charge in [0.2, 0.25) is 12.6 Å². The summed E-state index contributed by atoms with van der Waals surface area (Å²) in [6, 6.07) is 18.8. The van der Waals surface area contributed by atoms with Gasteiger partial charge in [-0.25, -0.2) is 4.79 Å². The van der Waals surface area contributed by atoms with Crippen molar-refractivity contribution in [1.29, 1.82) is 0 Å². The Kier molecular flexibility index (Phi) is 14.2. The molecule has 61 heavy (non-hydrogen) atoms. The minimum absolute atomic E-state index is 0.0495. The molecule has 13 heteroatoms. The quantitative estimate of drug-likeness (QED) is 0.0548. The third-order valence-electron chi connectivity index (χ3n) is 11.9. The summed E-state index contributed by atoms with van der Waals surface area (Å²) < 4.78 is 37.9. The lowest BCUT2D eigenvalue weighted by atomic mass is 9.55. The van der Waals surface area contributed by atoms with Gasteiger partial charge < -0.3 is 43.5 Å². The molecular formula is C48H60N2O10S. The number of hydrogen-bond donors (Lipinski definition) is 2. The first-order valence-electron chi connectivity index (χ1n) is 21.3. The fraction of sp³-hybridized carbons (Fsp3) is 0.500. The second kappa shape index (κ2) is 19.6. The van der Waals surface area contributed by atoms with Gasteiger partial charge >= 0.3 is 6.09 Å². The first-order chi connectivity index (χ1) is 29.5. The van der Waals surface area contributed by atoms with E-state index >= 15 is 0 Å². The summed E-state index contributed by atoms with van der Waals surface area (Å²) in [4.78, 5) is 23.4. The number of hydrogen-bond acceptors (Lipinski definition) is 12. The van der Waals surface area contributed by atoms with Gasteiger partial charge in [-0.05, 0) is 130 Å². The van der Waals surface area contributed by atoms with Crippen LogP contribution >= 0.6 is 11.8 Å². The molecule has 328 valence electrons. The maximum Gasteiger partial charge on any atom is 0.410 e. The Balaban J connectivity index is 1.44. The highest BCUT2D eigenvalue weighted by Gasteiger charge is 2.65. The molecule has 0 unspecified atom stereocenters. The second-order valence-corrected chi connectivity index (χ2v) is 17.9. The number of nitrogens with zero attached hydrogens (tertiary/aromatic N) is 2. The molecule has 2 N–H and O–H groups in total. The molecular weight excluding hydrogens is 797 g/mol. The molecule has 2 aliphatic carbocycles. The summed E-state index contributed by atoms with van der Waals surface area (Å²) in [5, 5.41) is 24.8. The average molecular weight is 857 g/mol. The zero-order chi connectivity index (χ0) is 43.1. The minimum Gasteiger partial charge on any atom is -0.459 e. The smallest absolute Gasteiger partial charge is 0.410 e. The first kappa shape index (κ1) is 44.4. The molecule has 0 spiro atoms. The van der Waals surface area contributed by atoms with Crippen molar-refractivity contribution in [1.82, 2.24) is 4.90 Å². The topological polar surface area (TPSA) is 138 Å². The maximum absolute atomic E-state index is 14.3. The van der Waals surface area contributed by atoms with E-state index in [1.54, 1.807) is 22.7 Å². The van der Waals surface area contributed by atoms with Gasteiger partial charge in [0.05, 0.1) is 25.3 Å². The second-order valence-electron chi connectivity index (χ2n) is 17.0. The SMILES string of the molecule is C=CCO[C@@]12Oc3ccc(Oc4ccc(SC)cc4)cc3[C@H]3[C@H](CCCCO)[C@@H](CCCCO)C=C(C(=NOC(C)(C)C)C[C@@H]1N(Cc1ccc4c(c1)OCO4)C(=O)OC)[C@H]32. The molecule has 3 aromatic carbocycles. The first-order valence-corrected chi connectivity index (χ1v) is 22.6. The Morgan fingerprint density at radius 1 is 0.967 bits per heavy atom. The van der Waals surface area contributed by atoms with Crippen LogP contribution in [0.1, 0.15) is 82.8 Å². The van der Waals surface area contributed by atoms with Crippen LogP contribution in [0.2, 0.25) is 0 Å². The molecule has 0 bridgehead atoms. The summed E-state index contributed by atoms with van der Waals surface area (Å²) in [7, 11) is 1.38. The molecule has 0 saturated heterocycles. The molecule has 1 amide bonds. The number of allylic oxidation sites excluding steroid dienone is 1. The molecule has 2 heterocycles. The third-order valence-corrected chi connectivity index (χ3v) is 12.7. The van der Waals surface area contributed by atoms with Crippen molar-refractivity contribution in [3.05, 3.63) is 96.1 Å². The molecule has 1 saturated carbocycles. The van der Waals surface area contributed by atoms with Crippen LogP contribution in [0.25, 0.3) is 0 Å². The zero-order valence-corrected chi connectivity index (χ0v) is 36.8. The summed E-state index contributed by atoms with van der Waals surface area (Å²) in [6.07, 6.45) is 10.3. The van der Waals surface area contributed by atoms with Crippen molar-refractivity contribution in [2.75, 3.05) is 40.0 Å². The number of carbonyl (C=O) groups is 1. The molecule has 6 atom stereocenters. The van der Waals surface area contributed by atoms with Gasteiger partial charge in [0.15, 0.2) is 11.5 Å². The van der Waals surface area contributed by atoms with Crippen LogP contribution in [-0.2, 0) is 20.9 Å². The van der Waals surface area contributed by atoms with Gasteiger partial charge in [-0.3, -0.25) is 4.90 Å². The third kappa shape index (κ3) is 9.70. The summed E-state index contributed by atoms with van der Waals surface area (Å²) in [5.41, 5.74) is 2.79. The molecule has 2 aliphatic heterocycles. The van der Waals surface area contributed by atoms with Crippen LogP contribution in [0.5, 0.6) is 28.7 Å². The average Bonchev–Trinajstić information content (AvgIpc) is 3.73. The lowest BCUT2D eigenvalue weighted by molar-refractivity contribution is -0.256. The predicted octanol–water partition coefficient (Wildman–Crippen LogP) is 9.63. The number of unbranched alkanes of at least 4 members (excludes halogenated alkanes) is 2. The largest absolute Gasteiger partial charge is 0.459 e.